The smallest absolute Gasteiger partial charge is 0.137 e. The molecular weight excluding hydrogens is 358 g/mol. The van der Waals surface area contributed by atoms with Crippen LogP contribution in [0, 0.1) is 0 Å². The number of aromatic nitrogens is 2. The van der Waals surface area contributed by atoms with E-state index in [0.717, 1.165) is 38.3 Å². The Balaban J connectivity index is 1.88. The number of ether oxygens (including phenoxy) is 2. The van der Waals surface area contributed by atoms with Crippen molar-refractivity contribution in [3.8, 4) is 11.5 Å². The molecule has 1 heterocycles. The predicted molar refractivity (Wildman–Crippen MR) is 94.1 cm³/mol. The third-order valence-corrected chi connectivity index (χ3v) is 4.03. The fourth-order valence-corrected chi connectivity index (χ4v) is 2.71. The quantitative estimate of drug-likeness (QED) is 0.731. The first-order chi connectivity index (χ1) is 11.2. The van der Waals surface area contributed by atoms with E-state index < -0.39 is 0 Å². The number of benzene rings is 2. The highest BCUT2D eigenvalue weighted by Gasteiger charge is 2.08. The molecule has 0 fully saturated rings. The van der Waals surface area contributed by atoms with Gasteiger partial charge < -0.3 is 14.8 Å². The van der Waals surface area contributed by atoms with E-state index in [1.165, 1.54) is 0 Å². The first-order valence-electron chi connectivity index (χ1n) is 7.06. The van der Waals surface area contributed by atoms with E-state index in [2.05, 4.69) is 31.2 Å². The summed E-state index contributed by atoms with van der Waals surface area (Å²) in [6.45, 7) is 0.589. The van der Waals surface area contributed by atoms with Crippen LogP contribution in [0.1, 0.15) is 5.56 Å². The van der Waals surface area contributed by atoms with E-state index in [4.69, 9.17) is 9.47 Å². The number of nitrogens with one attached hydrogen (secondary N) is 1. The number of hydrogen-bond donors (Lipinski definition) is 1. The number of hydrogen-bond acceptors (Lipinski definition) is 5. The van der Waals surface area contributed by atoms with Crippen molar-refractivity contribution in [1.82, 2.24) is 9.97 Å². The van der Waals surface area contributed by atoms with Gasteiger partial charge in [0.2, 0.25) is 0 Å². The highest BCUT2D eigenvalue weighted by atomic mass is 79.9. The molecule has 0 saturated heterocycles. The molecule has 0 aliphatic heterocycles. The van der Waals surface area contributed by atoms with E-state index in [9.17, 15) is 0 Å². The van der Waals surface area contributed by atoms with Crippen LogP contribution in [-0.2, 0) is 6.54 Å². The van der Waals surface area contributed by atoms with Crippen LogP contribution in [0.3, 0.4) is 0 Å². The van der Waals surface area contributed by atoms with Gasteiger partial charge in [0.05, 0.1) is 19.7 Å². The van der Waals surface area contributed by atoms with Gasteiger partial charge in [-0.25, -0.2) is 9.97 Å². The number of anilines is 1. The topological polar surface area (TPSA) is 56.3 Å². The van der Waals surface area contributed by atoms with E-state index in [-0.39, 0.29) is 0 Å². The van der Waals surface area contributed by atoms with Crippen molar-refractivity contribution >= 4 is 32.7 Å². The molecular formula is C17H16BrN3O2. The van der Waals surface area contributed by atoms with Crippen molar-refractivity contribution in [2.45, 2.75) is 6.54 Å². The summed E-state index contributed by atoms with van der Waals surface area (Å²) in [5, 5.41) is 4.32. The van der Waals surface area contributed by atoms with Crippen molar-refractivity contribution < 1.29 is 9.47 Å². The maximum atomic E-state index is 5.42. The number of fused-ring (bicyclic) bond motifs is 1. The van der Waals surface area contributed by atoms with Crippen LogP contribution in [-0.4, -0.2) is 24.2 Å². The maximum absolute atomic E-state index is 5.42. The van der Waals surface area contributed by atoms with Gasteiger partial charge in [-0.15, -0.1) is 0 Å². The van der Waals surface area contributed by atoms with Gasteiger partial charge >= 0.3 is 0 Å². The molecule has 0 spiro atoms. The van der Waals surface area contributed by atoms with Crippen molar-refractivity contribution in [1.29, 1.82) is 0 Å². The van der Waals surface area contributed by atoms with Gasteiger partial charge in [-0.3, -0.25) is 0 Å². The second-order valence-corrected chi connectivity index (χ2v) is 5.83. The molecule has 0 bridgehead atoms. The van der Waals surface area contributed by atoms with Crippen LogP contribution in [0.15, 0.2) is 47.2 Å². The molecule has 23 heavy (non-hydrogen) atoms. The van der Waals surface area contributed by atoms with Crippen molar-refractivity contribution in [3.63, 3.8) is 0 Å². The Morgan fingerprint density at radius 3 is 2.70 bits per heavy atom. The number of methoxy groups -OCH3 is 2. The van der Waals surface area contributed by atoms with E-state index in [0.29, 0.717) is 6.54 Å². The molecule has 2 aromatic carbocycles. The first kappa shape index (κ1) is 15.6. The minimum absolute atomic E-state index is 0.589. The van der Waals surface area contributed by atoms with Crippen LogP contribution >= 0.6 is 15.9 Å². The summed E-state index contributed by atoms with van der Waals surface area (Å²) in [7, 11) is 3.28. The molecule has 0 atom stereocenters. The Kier molecular flexibility index (Phi) is 4.62. The maximum Gasteiger partial charge on any atom is 0.137 e. The Hall–Kier alpha value is -2.34. The second kappa shape index (κ2) is 6.83. The molecule has 1 aromatic heterocycles. The van der Waals surface area contributed by atoms with Crippen LogP contribution in [0.25, 0.3) is 10.9 Å². The molecule has 0 aliphatic rings. The monoisotopic (exact) mass is 373 g/mol. The Morgan fingerprint density at radius 1 is 1.04 bits per heavy atom. The first-order valence-corrected chi connectivity index (χ1v) is 7.85. The normalized spacial score (nSPS) is 10.6. The van der Waals surface area contributed by atoms with Crippen molar-refractivity contribution in [2.24, 2.45) is 0 Å². The summed E-state index contributed by atoms with van der Waals surface area (Å²) in [5.74, 6) is 2.33. The minimum atomic E-state index is 0.589. The molecule has 118 valence electrons. The molecule has 0 aliphatic carbocycles. The van der Waals surface area contributed by atoms with Crippen LogP contribution in [0.4, 0.5) is 5.82 Å². The van der Waals surface area contributed by atoms with Crippen LogP contribution in [0.2, 0.25) is 0 Å². The van der Waals surface area contributed by atoms with Crippen LogP contribution in [0.5, 0.6) is 11.5 Å². The standard InChI is InChI=1S/C17H16BrN3O2/c1-22-13-5-3-11(16(8-13)23-2)9-19-17-14-7-12(18)4-6-15(14)20-10-21-17/h3-8,10H,9H2,1-2H3,(H,19,20,21). The van der Waals surface area contributed by atoms with Crippen LogP contribution < -0.4 is 14.8 Å². The predicted octanol–water partition coefficient (Wildman–Crippen LogP) is 4.02. The second-order valence-electron chi connectivity index (χ2n) is 4.92. The summed E-state index contributed by atoms with van der Waals surface area (Å²) in [4.78, 5) is 8.62. The summed E-state index contributed by atoms with van der Waals surface area (Å²) in [6, 6.07) is 11.7. The summed E-state index contributed by atoms with van der Waals surface area (Å²) >= 11 is 3.48. The number of halogens is 1. The minimum Gasteiger partial charge on any atom is -0.497 e. The Bertz CT molecular complexity index is 839. The fourth-order valence-electron chi connectivity index (χ4n) is 2.35. The average molecular weight is 374 g/mol. The average Bonchev–Trinajstić information content (AvgIpc) is 2.59. The highest BCUT2D eigenvalue weighted by Crippen LogP contribution is 2.27. The lowest BCUT2D eigenvalue weighted by atomic mass is 10.2. The van der Waals surface area contributed by atoms with E-state index >= 15 is 0 Å². The van der Waals surface area contributed by atoms with Gasteiger partial charge in [-0.2, -0.15) is 0 Å². The molecule has 1 N–H and O–H groups in total. The third kappa shape index (κ3) is 3.37. The number of nitrogens with zero attached hydrogens (tertiary/aromatic N) is 2. The largest absolute Gasteiger partial charge is 0.497 e. The molecule has 3 rings (SSSR count). The van der Waals surface area contributed by atoms with Gasteiger partial charge in [0.1, 0.15) is 23.6 Å². The lowest BCUT2D eigenvalue weighted by molar-refractivity contribution is 0.391. The lowest BCUT2D eigenvalue weighted by Crippen LogP contribution is -2.04. The molecule has 5 nitrogen and oxygen atoms in total. The van der Waals surface area contributed by atoms with Gasteiger partial charge in [-0.05, 0) is 30.3 Å². The molecule has 6 heteroatoms. The van der Waals surface area contributed by atoms with Gasteiger partial charge in [0, 0.05) is 28.0 Å². The molecule has 0 saturated carbocycles. The number of rotatable bonds is 5. The SMILES string of the molecule is COc1ccc(CNc2ncnc3ccc(Br)cc23)c(OC)c1. The Morgan fingerprint density at radius 2 is 1.91 bits per heavy atom. The fraction of sp³-hybridized carbons (Fsp3) is 0.176. The molecule has 0 amide bonds. The summed E-state index contributed by atoms with van der Waals surface area (Å²) in [5.41, 5.74) is 1.92. The van der Waals surface area contributed by atoms with E-state index in [1.807, 2.05) is 36.4 Å². The van der Waals surface area contributed by atoms with Gasteiger partial charge in [0.15, 0.2) is 0 Å². The van der Waals surface area contributed by atoms with Gasteiger partial charge in [-0.1, -0.05) is 15.9 Å². The molecule has 0 unspecified atom stereocenters. The Labute approximate surface area is 142 Å². The van der Waals surface area contributed by atoms with Crippen molar-refractivity contribution in [3.05, 3.63) is 52.8 Å². The van der Waals surface area contributed by atoms with E-state index in [1.54, 1.807) is 20.5 Å². The molecule has 0 radical (unpaired) electrons. The summed E-state index contributed by atoms with van der Waals surface area (Å²) in [6.07, 6.45) is 1.56. The highest BCUT2D eigenvalue weighted by molar-refractivity contribution is 9.10. The zero-order chi connectivity index (χ0) is 16.2. The molecule has 3 aromatic rings. The lowest BCUT2D eigenvalue weighted by Gasteiger charge is -2.12. The zero-order valence-corrected chi connectivity index (χ0v) is 14.4. The third-order valence-electron chi connectivity index (χ3n) is 3.54. The summed E-state index contributed by atoms with van der Waals surface area (Å²) < 4.78 is 11.6. The van der Waals surface area contributed by atoms with Crippen molar-refractivity contribution in [2.75, 3.05) is 19.5 Å². The zero-order valence-electron chi connectivity index (χ0n) is 12.8. The van der Waals surface area contributed by atoms with Gasteiger partial charge in [0.25, 0.3) is 0 Å².